The van der Waals surface area contributed by atoms with Crippen molar-refractivity contribution in [2.45, 2.75) is 39.7 Å². The second-order valence-corrected chi connectivity index (χ2v) is 3.48. The molecule has 3 nitrogen and oxygen atoms in total. The third-order valence-electron chi connectivity index (χ3n) is 2.45. The van der Waals surface area contributed by atoms with E-state index in [1.165, 1.54) is 0 Å². The fraction of sp³-hybridized carbons (Fsp3) is 0.900. The van der Waals surface area contributed by atoms with E-state index in [4.69, 9.17) is 9.84 Å². The van der Waals surface area contributed by atoms with Crippen LogP contribution in [0, 0.1) is 11.8 Å². The van der Waals surface area contributed by atoms with Crippen LogP contribution in [-0.2, 0) is 9.53 Å². The third-order valence-corrected chi connectivity index (χ3v) is 2.45. The van der Waals surface area contributed by atoms with Gasteiger partial charge in [-0.15, -0.1) is 0 Å². The number of hydrogen-bond acceptors (Lipinski definition) is 3. The molecular weight excluding hydrogens is 168 g/mol. The van der Waals surface area contributed by atoms with Crippen molar-refractivity contribution < 1.29 is 14.6 Å². The van der Waals surface area contributed by atoms with Crippen LogP contribution < -0.4 is 0 Å². The summed E-state index contributed by atoms with van der Waals surface area (Å²) in [6, 6.07) is 0. The highest BCUT2D eigenvalue weighted by atomic mass is 16.5. The topological polar surface area (TPSA) is 46.5 Å². The molecule has 0 aromatic rings. The number of rotatable bonds is 1. The molecule has 0 aliphatic carbocycles. The molecule has 3 heteroatoms. The summed E-state index contributed by atoms with van der Waals surface area (Å²) in [7, 11) is 1.00. The second-order valence-electron chi connectivity index (χ2n) is 3.48. The summed E-state index contributed by atoms with van der Waals surface area (Å²) < 4.78 is 5.12. The lowest BCUT2D eigenvalue weighted by Gasteiger charge is -2.30. The van der Waals surface area contributed by atoms with Gasteiger partial charge in [-0.25, -0.2) is 0 Å². The summed E-state index contributed by atoms with van der Waals surface area (Å²) in [5, 5.41) is 7.00. The zero-order valence-corrected chi connectivity index (χ0v) is 8.91. The summed E-state index contributed by atoms with van der Waals surface area (Å²) in [4.78, 5) is 11.2. The highest BCUT2D eigenvalue weighted by Crippen LogP contribution is 2.28. The Morgan fingerprint density at radius 2 is 2.00 bits per heavy atom. The average Bonchev–Trinajstić information content (AvgIpc) is 2.07. The summed E-state index contributed by atoms with van der Waals surface area (Å²) in [5.74, 6) is 0.640. The van der Waals surface area contributed by atoms with Gasteiger partial charge in [-0.2, -0.15) is 0 Å². The number of ether oxygens (including phenoxy) is 1. The molecule has 0 aromatic carbocycles. The van der Waals surface area contributed by atoms with Gasteiger partial charge in [0.15, 0.2) is 0 Å². The van der Waals surface area contributed by atoms with Crippen molar-refractivity contribution in [1.29, 1.82) is 0 Å². The van der Waals surface area contributed by atoms with Crippen molar-refractivity contribution >= 4 is 5.97 Å². The van der Waals surface area contributed by atoms with Crippen molar-refractivity contribution in [2.75, 3.05) is 7.11 Å². The Bertz CT molecular complexity index is 156. The molecule has 0 radical (unpaired) electrons. The van der Waals surface area contributed by atoms with Crippen LogP contribution in [0.15, 0.2) is 0 Å². The summed E-state index contributed by atoms with van der Waals surface area (Å²) in [6.07, 6.45) is 2.05. The molecule has 13 heavy (non-hydrogen) atoms. The first-order chi connectivity index (χ1) is 6.15. The second kappa shape index (κ2) is 5.97. The Balaban J connectivity index is 0.000000671. The number of carbonyl (C=O) groups is 1. The molecule has 1 aliphatic rings. The van der Waals surface area contributed by atoms with Crippen molar-refractivity contribution in [3.05, 3.63) is 0 Å². The Labute approximate surface area is 80.1 Å². The van der Waals surface area contributed by atoms with Gasteiger partial charge in [-0.1, -0.05) is 13.8 Å². The highest BCUT2D eigenvalue weighted by molar-refractivity contribution is 5.73. The number of aliphatic hydroxyl groups is 1. The molecule has 1 fully saturated rings. The minimum atomic E-state index is -0.00116. The third kappa shape index (κ3) is 3.35. The molecule has 3 unspecified atom stereocenters. The van der Waals surface area contributed by atoms with Gasteiger partial charge < -0.3 is 9.84 Å². The smallest absolute Gasteiger partial charge is 0.309 e. The molecule has 0 bridgehead atoms. The molecule has 78 valence electrons. The van der Waals surface area contributed by atoms with E-state index in [-0.39, 0.29) is 18.0 Å². The van der Waals surface area contributed by atoms with Gasteiger partial charge in [0, 0.05) is 7.11 Å². The van der Waals surface area contributed by atoms with Crippen molar-refractivity contribution in [1.82, 2.24) is 0 Å². The number of carbonyl (C=O) groups excluding carboxylic acids is 1. The SMILES string of the molecule is CCC1C(=O)OC(C)CC1C.CO. The lowest BCUT2D eigenvalue weighted by molar-refractivity contribution is -0.163. The maximum atomic E-state index is 11.2. The van der Waals surface area contributed by atoms with Crippen molar-refractivity contribution in [3.8, 4) is 0 Å². The highest BCUT2D eigenvalue weighted by Gasteiger charge is 2.32. The van der Waals surface area contributed by atoms with E-state index in [0.717, 1.165) is 20.0 Å². The summed E-state index contributed by atoms with van der Waals surface area (Å²) in [5.41, 5.74) is 0. The molecule has 1 aliphatic heterocycles. The van der Waals surface area contributed by atoms with Gasteiger partial charge in [-0.3, -0.25) is 4.79 Å². The van der Waals surface area contributed by atoms with Crippen LogP contribution in [0.1, 0.15) is 33.6 Å². The van der Waals surface area contributed by atoms with Gasteiger partial charge in [0.05, 0.1) is 12.0 Å². The quantitative estimate of drug-likeness (QED) is 0.636. The molecule has 0 saturated carbocycles. The van der Waals surface area contributed by atoms with Crippen LogP contribution in [-0.4, -0.2) is 24.3 Å². The maximum absolute atomic E-state index is 11.2. The first-order valence-corrected chi connectivity index (χ1v) is 4.80. The average molecular weight is 188 g/mol. The molecule has 1 heterocycles. The van der Waals surface area contributed by atoms with Gasteiger partial charge >= 0.3 is 5.97 Å². The number of aliphatic hydroxyl groups excluding tert-OH is 1. The zero-order chi connectivity index (χ0) is 10.4. The van der Waals surface area contributed by atoms with E-state index < -0.39 is 0 Å². The van der Waals surface area contributed by atoms with E-state index in [2.05, 4.69) is 6.92 Å². The van der Waals surface area contributed by atoms with Crippen LogP contribution in [0.4, 0.5) is 0 Å². The predicted molar refractivity (Wildman–Crippen MR) is 51.3 cm³/mol. The maximum Gasteiger partial charge on any atom is 0.309 e. The summed E-state index contributed by atoms with van der Waals surface area (Å²) in [6.45, 7) is 6.13. The Morgan fingerprint density at radius 1 is 1.46 bits per heavy atom. The lowest BCUT2D eigenvalue weighted by atomic mass is 9.85. The molecule has 1 rings (SSSR count). The van der Waals surface area contributed by atoms with Crippen LogP contribution in [0.25, 0.3) is 0 Å². The zero-order valence-electron chi connectivity index (χ0n) is 8.91. The molecule has 1 saturated heterocycles. The van der Waals surface area contributed by atoms with E-state index in [0.29, 0.717) is 5.92 Å². The number of hydrogen-bond donors (Lipinski definition) is 1. The lowest BCUT2D eigenvalue weighted by Crippen LogP contribution is -2.34. The van der Waals surface area contributed by atoms with E-state index in [9.17, 15) is 4.79 Å². The first kappa shape index (κ1) is 12.4. The van der Waals surface area contributed by atoms with Crippen LogP contribution in [0.5, 0.6) is 0 Å². The van der Waals surface area contributed by atoms with E-state index in [1.807, 2.05) is 13.8 Å². The Morgan fingerprint density at radius 3 is 2.38 bits per heavy atom. The summed E-state index contributed by atoms with van der Waals surface area (Å²) >= 11 is 0. The molecular formula is C10H20O3. The minimum absolute atomic E-state index is 0.00116. The first-order valence-electron chi connectivity index (χ1n) is 4.80. The number of cyclic esters (lactones) is 1. The molecule has 1 N–H and O–H groups in total. The Hall–Kier alpha value is -0.570. The van der Waals surface area contributed by atoms with Gasteiger partial charge in [0.2, 0.25) is 0 Å². The standard InChI is InChI=1S/C9H16O2.CH4O/c1-4-8-6(2)5-7(3)11-9(8)10;1-2/h6-8H,4-5H2,1-3H3;2H,1H3. The van der Waals surface area contributed by atoms with Gasteiger partial charge in [0.1, 0.15) is 0 Å². The minimum Gasteiger partial charge on any atom is -0.462 e. The van der Waals surface area contributed by atoms with Crippen LogP contribution in [0.3, 0.4) is 0 Å². The predicted octanol–water partition coefficient (Wildman–Crippen LogP) is 1.59. The van der Waals surface area contributed by atoms with Gasteiger partial charge in [-0.05, 0) is 25.7 Å². The van der Waals surface area contributed by atoms with Crippen LogP contribution in [0.2, 0.25) is 0 Å². The largest absolute Gasteiger partial charge is 0.462 e. The molecule has 0 amide bonds. The normalized spacial score (nSPS) is 33.0. The fourth-order valence-corrected chi connectivity index (χ4v) is 1.82. The molecule has 0 aromatic heterocycles. The van der Waals surface area contributed by atoms with Crippen LogP contribution >= 0.6 is 0 Å². The van der Waals surface area contributed by atoms with E-state index >= 15 is 0 Å². The number of esters is 1. The van der Waals surface area contributed by atoms with E-state index in [1.54, 1.807) is 0 Å². The van der Waals surface area contributed by atoms with Gasteiger partial charge in [0.25, 0.3) is 0 Å². The molecule has 0 spiro atoms. The monoisotopic (exact) mass is 188 g/mol. The van der Waals surface area contributed by atoms with Crippen molar-refractivity contribution in [3.63, 3.8) is 0 Å². The molecule has 3 atom stereocenters. The Kier molecular flexibility index (Phi) is 5.71. The van der Waals surface area contributed by atoms with Crippen molar-refractivity contribution in [2.24, 2.45) is 11.8 Å². The fourth-order valence-electron chi connectivity index (χ4n) is 1.82.